The minimum atomic E-state index is -0.161. The summed E-state index contributed by atoms with van der Waals surface area (Å²) in [6.45, 7) is 10.5. The molecule has 4 aliphatic rings. The fraction of sp³-hybridized carbons (Fsp3) is 0.333. The van der Waals surface area contributed by atoms with Crippen LogP contribution in [0.5, 0.6) is 17.2 Å². The number of benzene rings is 4. The highest BCUT2D eigenvalue weighted by molar-refractivity contribution is 6.09. The highest BCUT2D eigenvalue weighted by Gasteiger charge is 2.53. The first kappa shape index (κ1) is 28.8. The van der Waals surface area contributed by atoms with Crippen LogP contribution in [0.25, 0.3) is 33.0 Å². The summed E-state index contributed by atoms with van der Waals surface area (Å²) in [6.07, 6.45) is 8.33. The van der Waals surface area contributed by atoms with Crippen molar-refractivity contribution in [3.05, 3.63) is 107 Å². The fourth-order valence-corrected chi connectivity index (χ4v) is 9.79. The van der Waals surface area contributed by atoms with Gasteiger partial charge in [-0.2, -0.15) is 0 Å². The summed E-state index contributed by atoms with van der Waals surface area (Å²) in [5, 5.41) is 13.9. The van der Waals surface area contributed by atoms with E-state index in [1.54, 1.807) is 14.2 Å². The molecule has 0 unspecified atom stereocenters. The highest BCUT2D eigenvalue weighted by atomic mass is 16.5. The molecule has 0 radical (unpaired) electrons. The van der Waals surface area contributed by atoms with Gasteiger partial charge in [-0.1, -0.05) is 63.4 Å². The first-order valence-electron chi connectivity index (χ1n) is 16.4. The molecule has 0 bridgehead atoms. The molecular weight excluding hydrogens is 566 g/mol. The van der Waals surface area contributed by atoms with Gasteiger partial charge in [0.2, 0.25) is 0 Å². The van der Waals surface area contributed by atoms with Crippen molar-refractivity contribution >= 4 is 16.5 Å². The van der Waals surface area contributed by atoms with Crippen molar-refractivity contribution in [2.45, 2.75) is 58.8 Å². The van der Waals surface area contributed by atoms with Crippen LogP contribution in [0, 0.1) is 10.8 Å². The predicted octanol–water partition coefficient (Wildman–Crippen LogP) is 10.1. The molecule has 1 aliphatic heterocycles. The van der Waals surface area contributed by atoms with E-state index in [1.807, 2.05) is 18.2 Å². The van der Waals surface area contributed by atoms with Crippen LogP contribution in [0.1, 0.15) is 64.5 Å². The SMILES string of the molecule is COc1ccc(-c2cc3c(O)cc4c(c3cc2N2CCC3=C2C=C=C=C3)-c2ccccc2C42CC(C)(C)CC(C)(C)C2)c(OC)c1. The lowest BCUT2D eigenvalue weighted by molar-refractivity contribution is 0.0645. The van der Waals surface area contributed by atoms with Gasteiger partial charge in [-0.05, 0) is 106 Å². The number of methoxy groups -OCH3 is 2. The van der Waals surface area contributed by atoms with E-state index in [0.717, 1.165) is 70.6 Å². The molecular formula is C42H41NO3. The number of fused-ring (bicyclic) bond motifs is 7. The minimum Gasteiger partial charge on any atom is -0.507 e. The van der Waals surface area contributed by atoms with Crippen LogP contribution in [0.4, 0.5) is 5.69 Å². The lowest BCUT2D eigenvalue weighted by Crippen LogP contribution is -2.43. The molecule has 3 aliphatic carbocycles. The van der Waals surface area contributed by atoms with Gasteiger partial charge in [0.25, 0.3) is 0 Å². The molecule has 8 rings (SSSR count). The Hall–Kier alpha value is -4.62. The van der Waals surface area contributed by atoms with Gasteiger partial charge in [-0.15, -0.1) is 0 Å². The molecule has 4 heteroatoms. The van der Waals surface area contributed by atoms with E-state index in [4.69, 9.17) is 9.47 Å². The van der Waals surface area contributed by atoms with Gasteiger partial charge in [0.05, 0.1) is 19.9 Å². The molecule has 232 valence electrons. The smallest absolute Gasteiger partial charge is 0.130 e. The van der Waals surface area contributed by atoms with Gasteiger partial charge in [0.15, 0.2) is 0 Å². The van der Waals surface area contributed by atoms with Crippen molar-refractivity contribution in [2.24, 2.45) is 10.8 Å². The maximum atomic E-state index is 12.0. The number of allylic oxidation sites excluding steroid dienone is 2. The number of aromatic hydroxyl groups is 1. The van der Waals surface area contributed by atoms with Gasteiger partial charge >= 0.3 is 0 Å². The number of hydrogen-bond donors (Lipinski definition) is 1. The van der Waals surface area contributed by atoms with Crippen LogP contribution < -0.4 is 14.4 Å². The lowest BCUT2D eigenvalue weighted by atomic mass is 9.52. The van der Waals surface area contributed by atoms with Crippen LogP contribution in [-0.4, -0.2) is 25.9 Å². The van der Waals surface area contributed by atoms with E-state index in [1.165, 1.54) is 34.2 Å². The topological polar surface area (TPSA) is 41.9 Å². The summed E-state index contributed by atoms with van der Waals surface area (Å²) in [4.78, 5) is 2.40. The Bertz CT molecular complexity index is 2080. The number of ether oxygens (including phenoxy) is 2. The van der Waals surface area contributed by atoms with Crippen molar-refractivity contribution in [1.29, 1.82) is 0 Å². The monoisotopic (exact) mass is 607 g/mol. The number of hydrogen-bond acceptors (Lipinski definition) is 4. The molecule has 4 aromatic rings. The van der Waals surface area contributed by atoms with Crippen molar-refractivity contribution in [2.75, 3.05) is 25.7 Å². The van der Waals surface area contributed by atoms with Crippen LogP contribution in [0.15, 0.2) is 95.5 Å². The molecule has 1 spiro atoms. The molecule has 1 N–H and O–H groups in total. The third-order valence-corrected chi connectivity index (χ3v) is 10.7. The first-order chi connectivity index (χ1) is 22.0. The Balaban J connectivity index is 1.45. The predicted molar refractivity (Wildman–Crippen MR) is 187 cm³/mol. The second-order valence-corrected chi connectivity index (χ2v) is 15.2. The third-order valence-electron chi connectivity index (χ3n) is 10.7. The van der Waals surface area contributed by atoms with Gasteiger partial charge < -0.3 is 19.5 Å². The zero-order valence-electron chi connectivity index (χ0n) is 27.7. The molecule has 46 heavy (non-hydrogen) atoms. The number of phenols is 1. The Labute approximate surface area is 272 Å². The number of nitrogens with zero attached hydrogens (tertiary/aromatic N) is 1. The summed E-state index contributed by atoms with van der Waals surface area (Å²) in [5.74, 6) is 1.79. The van der Waals surface area contributed by atoms with E-state index < -0.39 is 0 Å². The molecule has 0 saturated heterocycles. The average Bonchev–Trinajstić information content (AvgIpc) is 3.56. The Morgan fingerprint density at radius 2 is 1.50 bits per heavy atom. The minimum absolute atomic E-state index is 0.160. The molecule has 0 aromatic heterocycles. The largest absolute Gasteiger partial charge is 0.507 e. The zero-order valence-corrected chi connectivity index (χ0v) is 27.7. The average molecular weight is 608 g/mol. The summed E-state index contributed by atoms with van der Waals surface area (Å²) >= 11 is 0. The Kier molecular flexibility index (Phi) is 6.23. The van der Waals surface area contributed by atoms with Crippen LogP contribution >= 0.6 is 0 Å². The van der Waals surface area contributed by atoms with E-state index in [-0.39, 0.29) is 16.2 Å². The maximum Gasteiger partial charge on any atom is 0.130 e. The van der Waals surface area contributed by atoms with Crippen LogP contribution in [-0.2, 0) is 5.41 Å². The lowest BCUT2D eigenvalue weighted by Gasteiger charge is -2.51. The van der Waals surface area contributed by atoms with Gasteiger partial charge in [-0.25, -0.2) is 0 Å². The molecule has 0 amide bonds. The van der Waals surface area contributed by atoms with E-state index >= 15 is 0 Å². The molecule has 4 aromatic carbocycles. The molecule has 1 fully saturated rings. The van der Waals surface area contributed by atoms with Gasteiger partial charge in [0.1, 0.15) is 17.2 Å². The zero-order chi connectivity index (χ0) is 32.0. The molecule has 0 atom stereocenters. The van der Waals surface area contributed by atoms with Gasteiger partial charge in [0, 0.05) is 46.3 Å². The van der Waals surface area contributed by atoms with E-state index in [9.17, 15) is 5.11 Å². The number of anilines is 1. The number of phenolic OH excluding ortho intramolecular Hbond substituents is 1. The second kappa shape index (κ2) is 9.94. The molecule has 1 saturated carbocycles. The third kappa shape index (κ3) is 4.21. The summed E-state index contributed by atoms with van der Waals surface area (Å²) in [5.41, 5.74) is 17.2. The summed E-state index contributed by atoms with van der Waals surface area (Å²) in [6, 6.07) is 21.6. The van der Waals surface area contributed by atoms with Crippen molar-refractivity contribution in [1.82, 2.24) is 0 Å². The summed E-state index contributed by atoms with van der Waals surface area (Å²) in [7, 11) is 3.37. The van der Waals surface area contributed by atoms with Crippen molar-refractivity contribution in [3.8, 4) is 39.5 Å². The molecule has 4 nitrogen and oxygen atoms in total. The fourth-order valence-electron chi connectivity index (χ4n) is 9.79. The van der Waals surface area contributed by atoms with Crippen molar-refractivity contribution in [3.63, 3.8) is 0 Å². The Morgan fingerprint density at radius 1 is 0.739 bits per heavy atom. The van der Waals surface area contributed by atoms with Crippen LogP contribution in [0.2, 0.25) is 0 Å². The normalized spacial score (nSPS) is 19.5. The van der Waals surface area contributed by atoms with Crippen molar-refractivity contribution < 1.29 is 14.6 Å². The quantitative estimate of drug-likeness (QED) is 0.235. The van der Waals surface area contributed by atoms with E-state index in [0.29, 0.717) is 5.75 Å². The first-order valence-corrected chi connectivity index (χ1v) is 16.4. The number of rotatable bonds is 4. The Morgan fingerprint density at radius 3 is 2.26 bits per heavy atom. The maximum absolute atomic E-state index is 12.0. The van der Waals surface area contributed by atoms with Gasteiger partial charge in [-0.3, -0.25) is 0 Å². The second-order valence-electron chi connectivity index (χ2n) is 15.2. The molecule has 1 heterocycles. The summed E-state index contributed by atoms with van der Waals surface area (Å²) < 4.78 is 11.5. The van der Waals surface area contributed by atoms with Crippen LogP contribution in [0.3, 0.4) is 0 Å². The highest BCUT2D eigenvalue weighted by Crippen LogP contribution is 2.65. The van der Waals surface area contributed by atoms with E-state index in [2.05, 4.69) is 98.7 Å². The standard InChI is InChI=1S/C42H41NO3/c1-40(2)23-41(3,4)25-42(24-40)33-13-9-8-12-29(33)39-32-21-36(43-18-17-26-11-7-10-14-35(26)43)30(20-31(32)37(44)22-34(39)42)28-16-15-27(45-5)19-38(28)46-6/h8-9,11-16,19-22,44H,17-18,23-25H2,1-6H3.